The average Bonchev–Trinajstić information content (AvgIpc) is 2.19. The van der Waals surface area contributed by atoms with Gasteiger partial charge in [-0.15, -0.1) is 0 Å². The van der Waals surface area contributed by atoms with Crippen molar-refractivity contribution >= 4 is 12.4 Å². The number of nitrogens with one attached hydrogen (secondary N) is 1. The van der Waals surface area contributed by atoms with E-state index in [1.165, 1.54) is 6.07 Å². The summed E-state index contributed by atoms with van der Waals surface area (Å²) in [6, 6.07) is 2.81. The molecule has 2 nitrogen and oxygen atoms in total. The molecule has 0 saturated carbocycles. The molecule has 0 amide bonds. The summed E-state index contributed by atoms with van der Waals surface area (Å²) in [5.74, 6) is -0.236. The predicted molar refractivity (Wildman–Crippen MR) is 52.1 cm³/mol. The Morgan fingerprint density at radius 2 is 2.29 bits per heavy atom. The van der Waals surface area contributed by atoms with Crippen molar-refractivity contribution in [3.05, 3.63) is 40.8 Å². The molecule has 0 saturated heterocycles. The van der Waals surface area contributed by atoms with E-state index in [9.17, 15) is 9.18 Å². The molecule has 2 rings (SSSR count). The van der Waals surface area contributed by atoms with E-state index < -0.39 is 0 Å². The Morgan fingerprint density at radius 1 is 1.50 bits per heavy atom. The largest absolute Gasteiger partial charge is 0.378 e. The van der Waals surface area contributed by atoms with Gasteiger partial charge in [0.1, 0.15) is 18.1 Å². The fraction of sp³-hybridized carbons (Fsp3) is 0.182. The lowest BCUT2D eigenvalue weighted by Crippen LogP contribution is -2.21. The minimum Gasteiger partial charge on any atom is -0.378 e. The molecule has 1 heterocycles. The van der Waals surface area contributed by atoms with Gasteiger partial charge < -0.3 is 10.1 Å². The number of halogens is 1. The number of carbonyl (C=O) groups is 1. The number of hydrogen-bond acceptors (Lipinski definition) is 2. The molecule has 0 fully saturated rings. The second-order valence-electron chi connectivity index (χ2n) is 3.34. The lowest BCUT2D eigenvalue weighted by molar-refractivity contribution is -0.109. The maximum absolute atomic E-state index is 13.2. The lowest BCUT2D eigenvalue weighted by atomic mass is 9.96. The van der Waals surface area contributed by atoms with Crippen molar-refractivity contribution in [2.75, 3.05) is 0 Å². The molecule has 1 atom stereocenters. The van der Waals surface area contributed by atoms with Gasteiger partial charge in [-0.1, -0.05) is 6.07 Å². The minimum absolute atomic E-state index is 0.236. The van der Waals surface area contributed by atoms with Crippen molar-refractivity contribution in [2.45, 2.75) is 13.0 Å². The zero-order chi connectivity index (χ0) is 10.1. The molecule has 0 bridgehead atoms. The second-order valence-corrected chi connectivity index (χ2v) is 3.34. The topological polar surface area (TPSA) is 29.1 Å². The highest BCUT2D eigenvalue weighted by atomic mass is 19.1. The first-order valence-electron chi connectivity index (χ1n) is 4.40. The van der Waals surface area contributed by atoms with Gasteiger partial charge in [-0.3, -0.25) is 0 Å². The molecule has 1 aromatic rings. The Kier molecular flexibility index (Phi) is 2.08. The summed E-state index contributed by atoms with van der Waals surface area (Å²) in [4.78, 5) is 10.7. The number of aryl methyl sites for hydroxylation is 1. The van der Waals surface area contributed by atoms with Crippen LogP contribution < -0.4 is 5.32 Å². The second kappa shape index (κ2) is 3.25. The third kappa shape index (κ3) is 1.31. The van der Waals surface area contributed by atoms with Gasteiger partial charge in [0.15, 0.2) is 0 Å². The lowest BCUT2D eigenvalue weighted by Gasteiger charge is -2.19. The van der Waals surface area contributed by atoms with E-state index >= 15 is 0 Å². The Morgan fingerprint density at radius 3 is 3.00 bits per heavy atom. The van der Waals surface area contributed by atoms with Crippen molar-refractivity contribution in [3.63, 3.8) is 0 Å². The van der Waals surface area contributed by atoms with Crippen LogP contribution in [0, 0.1) is 12.7 Å². The molecule has 14 heavy (non-hydrogen) atoms. The van der Waals surface area contributed by atoms with Gasteiger partial charge in [0, 0.05) is 0 Å². The van der Waals surface area contributed by atoms with Gasteiger partial charge in [0.2, 0.25) is 0 Å². The summed E-state index contributed by atoms with van der Waals surface area (Å²) in [7, 11) is 0. The highest BCUT2D eigenvalue weighted by Gasteiger charge is 2.16. The Hall–Kier alpha value is -1.64. The van der Waals surface area contributed by atoms with Crippen molar-refractivity contribution < 1.29 is 9.18 Å². The third-order valence-electron chi connectivity index (χ3n) is 2.37. The van der Waals surface area contributed by atoms with E-state index in [1.807, 2.05) is 0 Å². The van der Waals surface area contributed by atoms with Gasteiger partial charge in [0.25, 0.3) is 0 Å². The summed E-state index contributed by atoms with van der Waals surface area (Å²) in [6.45, 7) is 1.69. The molecule has 1 aromatic carbocycles. The van der Waals surface area contributed by atoms with Crippen molar-refractivity contribution in [1.29, 1.82) is 0 Å². The summed E-state index contributed by atoms with van der Waals surface area (Å²) in [5, 5.41) is 2.90. The molecule has 0 aliphatic carbocycles. The van der Waals surface area contributed by atoms with Crippen molar-refractivity contribution in [1.82, 2.24) is 5.32 Å². The zero-order valence-corrected chi connectivity index (χ0v) is 7.75. The Bertz CT molecular complexity index is 412. The first kappa shape index (κ1) is 8.94. The molecule has 1 unspecified atom stereocenters. The van der Waals surface area contributed by atoms with Gasteiger partial charge in [-0.25, -0.2) is 4.39 Å². The van der Waals surface area contributed by atoms with Crippen LogP contribution in [-0.2, 0) is 4.79 Å². The predicted octanol–water partition coefficient (Wildman–Crippen LogP) is 1.95. The molecule has 0 aromatic heterocycles. The minimum atomic E-state index is -0.353. The summed E-state index contributed by atoms with van der Waals surface area (Å²) in [5.41, 5.74) is 2.16. The van der Waals surface area contributed by atoms with Gasteiger partial charge in [-0.2, -0.15) is 0 Å². The van der Waals surface area contributed by atoms with Crippen LogP contribution in [0.1, 0.15) is 22.7 Å². The first-order valence-corrected chi connectivity index (χ1v) is 4.40. The molecule has 1 aliphatic heterocycles. The summed E-state index contributed by atoms with van der Waals surface area (Å²) in [6.07, 6.45) is 4.24. The number of fused-ring (bicyclic) bond motifs is 1. The normalized spacial score (nSPS) is 18.6. The van der Waals surface area contributed by atoms with E-state index in [-0.39, 0.29) is 11.9 Å². The third-order valence-corrected chi connectivity index (χ3v) is 2.37. The Balaban J connectivity index is 2.59. The fourth-order valence-corrected chi connectivity index (χ4v) is 1.58. The first-order chi connectivity index (χ1) is 6.72. The number of aldehydes is 1. The quantitative estimate of drug-likeness (QED) is 0.687. The number of benzene rings is 1. The standard InChI is InChI=1S/C11H10FNO/c1-7-4-9-8(5-10(7)12)2-3-13-11(9)6-14/h2-6,11,13H,1H3. The van der Waals surface area contributed by atoms with E-state index in [4.69, 9.17) is 0 Å². The van der Waals surface area contributed by atoms with E-state index in [0.717, 1.165) is 17.4 Å². The molecular formula is C11H10FNO. The summed E-state index contributed by atoms with van der Waals surface area (Å²) < 4.78 is 13.2. The van der Waals surface area contributed by atoms with Crippen LogP contribution in [0.2, 0.25) is 0 Å². The maximum Gasteiger partial charge on any atom is 0.146 e. The monoisotopic (exact) mass is 191 g/mol. The summed E-state index contributed by atoms with van der Waals surface area (Å²) >= 11 is 0. The van der Waals surface area contributed by atoms with Crippen LogP contribution in [0.4, 0.5) is 4.39 Å². The van der Waals surface area contributed by atoms with Crippen LogP contribution in [0.15, 0.2) is 18.3 Å². The number of hydrogen-bond donors (Lipinski definition) is 1. The van der Waals surface area contributed by atoms with E-state index in [2.05, 4.69) is 5.32 Å². The number of rotatable bonds is 1. The van der Waals surface area contributed by atoms with Crippen LogP contribution in [-0.4, -0.2) is 6.29 Å². The zero-order valence-electron chi connectivity index (χ0n) is 7.75. The Labute approximate surface area is 81.4 Å². The fourth-order valence-electron chi connectivity index (χ4n) is 1.58. The molecule has 72 valence electrons. The van der Waals surface area contributed by atoms with Gasteiger partial charge >= 0.3 is 0 Å². The van der Waals surface area contributed by atoms with Crippen LogP contribution >= 0.6 is 0 Å². The van der Waals surface area contributed by atoms with Gasteiger partial charge in [0.05, 0.1) is 0 Å². The van der Waals surface area contributed by atoms with Crippen molar-refractivity contribution in [2.24, 2.45) is 0 Å². The molecule has 0 spiro atoms. The highest BCUT2D eigenvalue weighted by molar-refractivity contribution is 5.70. The van der Waals surface area contributed by atoms with E-state index in [0.29, 0.717) is 5.56 Å². The molecule has 1 N–H and O–H groups in total. The SMILES string of the molecule is Cc1cc2c(cc1F)C=CNC2C=O. The van der Waals surface area contributed by atoms with Crippen molar-refractivity contribution in [3.8, 4) is 0 Å². The smallest absolute Gasteiger partial charge is 0.146 e. The molecule has 1 aliphatic rings. The molecule has 3 heteroatoms. The van der Waals surface area contributed by atoms with E-state index in [1.54, 1.807) is 25.3 Å². The highest BCUT2D eigenvalue weighted by Crippen LogP contribution is 2.24. The maximum atomic E-state index is 13.2. The van der Waals surface area contributed by atoms with Gasteiger partial charge in [-0.05, 0) is 42.0 Å². The van der Waals surface area contributed by atoms with Crippen LogP contribution in [0.3, 0.4) is 0 Å². The average molecular weight is 191 g/mol. The molecule has 0 radical (unpaired) electrons. The van der Waals surface area contributed by atoms with Crippen LogP contribution in [0.25, 0.3) is 6.08 Å². The molecular weight excluding hydrogens is 181 g/mol. The van der Waals surface area contributed by atoms with Crippen LogP contribution in [0.5, 0.6) is 0 Å². The number of carbonyl (C=O) groups excluding carboxylic acids is 1.